The Kier molecular flexibility index (Phi) is 5.70. The average molecular weight is 165 g/mol. The second-order valence-corrected chi connectivity index (χ2v) is 1.77. The van der Waals surface area contributed by atoms with Crippen LogP contribution in [0.25, 0.3) is 6.08 Å². The van der Waals surface area contributed by atoms with Gasteiger partial charge in [-0.3, -0.25) is 0 Å². The van der Waals surface area contributed by atoms with Gasteiger partial charge in [0.25, 0.3) is 0 Å². The zero-order valence-electron chi connectivity index (χ0n) is 7.87. The predicted molar refractivity (Wildman–Crippen MR) is 54.0 cm³/mol. The van der Waals surface area contributed by atoms with Gasteiger partial charge in [-0.15, -0.1) is 0 Å². The second-order valence-electron chi connectivity index (χ2n) is 1.77. The normalized spacial score (nSPS) is 9.25. The van der Waals surface area contributed by atoms with Crippen molar-refractivity contribution in [2.24, 2.45) is 4.99 Å². The number of hydrogen-bond donors (Lipinski definition) is 0. The van der Waals surface area contributed by atoms with Crippen molar-refractivity contribution in [2.45, 2.75) is 20.8 Å². The predicted octanol–water partition coefficient (Wildman–Crippen LogP) is 3.67. The lowest BCUT2D eigenvalue weighted by Crippen LogP contribution is -1.63. The van der Waals surface area contributed by atoms with Crippen LogP contribution in [0, 0.1) is 0 Å². The maximum Gasteiger partial charge on any atom is 0.225 e. The quantitative estimate of drug-likeness (QED) is 0.614. The van der Waals surface area contributed by atoms with E-state index in [1.807, 2.05) is 26.8 Å². The molecule has 12 heavy (non-hydrogen) atoms. The van der Waals surface area contributed by atoms with Crippen molar-refractivity contribution in [1.29, 1.82) is 0 Å². The van der Waals surface area contributed by atoms with Gasteiger partial charge < -0.3 is 4.42 Å². The lowest BCUT2D eigenvalue weighted by Gasteiger charge is -1.85. The molecule has 0 fully saturated rings. The highest BCUT2D eigenvalue weighted by Crippen LogP contribution is 2.20. The molecule has 1 aromatic heterocycles. The fourth-order valence-electron chi connectivity index (χ4n) is 0.689. The van der Waals surface area contributed by atoms with Crippen LogP contribution in [0.5, 0.6) is 0 Å². The molecule has 0 N–H and O–H groups in total. The smallest absolute Gasteiger partial charge is 0.225 e. The van der Waals surface area contributed by atoms with E-state index in [4.69, 9.17) is 4.42 Å². The summed E-state index contributed by atoms with van der Waals surface area (Å²) in [4.78, 5) is 3.97. The highest BCUT2D eigenvalue weighted by atomic mass is 16.3. The van der Waals surface area contributed by atoms with Gasteiger partial charge in [0.05, 0.1) is 6.26 Å². The molecule has 1 heterocycles. The van der Waals surface area contributed by atoms with E-state index in [9.17, 15) is 0 Å². The molecule has 0 bridgehead atoms. The second kappa shape index (κ2) is 6.40. The summed E-state index contributed by atoms with van der Waals surface area (Å²) in [5.74, 6) is 0.623. The van der Waals surface area contributed by atoms with E-state index in [-0.39, 0.29) is 0 Å². The maximum absolute atomic E-state index is 5.03. The third-order valence-electron chi connectivity index (χ3n) is 1.14. The zero-order valence-corrected chi connectivity index (χ0v) is 7.87. The van der Waals surface area contributed by atoms with E-state index < -0.39 is 0 Å². The van der Waals surface area contributed by atoms with Crippen LogP contribution in [0.15, 0.2) is 28.3 Å². The molecule has 1 aromatic rings. The zero-order chi connectivity index (χ0) is 9.40. The largest absolute Gasteiger partial charge is 0.446 e. The van der Waals surface area contributed by atoms with Gasteiger partial charge >= 0.3 is 0 Å². The van der Waals surface area contributed by atoms with Gasteiger partial charge in [0.2, 0.25) is 5.88 Å². The molecule has 0 saturated heterocycles. The van der Waals surface area contributed by atoms with Gasteiger partial charge in [0.1, 0.15) is 0 Å². The standard InChI is InChI=1S/C8H9NO.C2H6/c1-3-7-5-6-10-8(7)9-4-2;1-2/h3-6H,1H2,2H3;1-2H3/b9-4-;. The van der Waals surface area contributed by atoms with Crippen LogP contribution in [0.2, 0.25) is 0 Å². The van der Waals surface area contributed by atoms with E-state index in [1.54, 1.807) is 18.6 Å². The first-order valence-corrected chi connectivity index (χ1v) is 4.07. The fraction of sp³-hybridized carbons (Fsp3) is 0.300. The number of furan rings is 1. The van der Waals surface area contributed by atoms with Crippen LogP contribution in [0.4, 0.5) is 5.88 Å². The molecule has 0 atom stereocenters. The molecule has 0 aromatic carbocycles. The maximum atomic E-state index is 5.03. The van der Waals surface area contributed by atoms with Crippen LogP contribution < -0.4 is 0 Å². The number of aliphatic imine (C=N–C) groups is 1. The average Bonchev–Trinajstić information content (AvgIpc) is 2.56. The molecule has 0 aliphatic rings. The fourth-order valence-corrected chi connectivity index (χ4v) is 0.689. The third kappa shape index (κ3) is 2.74. The monoisotopic (exact) mass is 165 g/mol. The van der Waals surface area contributed by atoms with E-state index in [1.165, 1.54) is 0 Å². The summed E-state index contributed by atoms with van der Waals surface area (Å²) in [6, 6.07) is 1.83. The molecule has 0 spiro atoms. The van der Waals surface area contributed by atoms with E-state index in [0.717, 1.165) is 5.56 Å². The molecule has 0 radical (unpaired) electrons. The van der Waals surface area contributed by atoms with Gasteiger partial charge in [-0.1, -0.05) is 26.5 Å². The Labute approximate surface area is 73.6 Å². The van der Waals surface area contributed by atoms with E-state index >= 15 is 0 Å². The van der Waals surface area contributed by atoms with Crippen LogP contribution in [0.3, 0.4) is 0 Å². The van der Waals surface area contributed by atoms with Crippen LogP contribution in [-0.2, 0) is 0 Å². The highest BCUT2D eigenvalue weighted by Gasteiger charge is 1.97. The molecular weight excluding hydrogens is 150 g/mol. The lowest BCUT2D eigenvalue weighted by molar-refractivity contribution is 0.578. The van der Waals surface area contributed by atoms with Crippen molar-refractivity contribution in [3.8, 4) is 0 Å². The molecule has 1 rings (SSSR count). The first-order valence-electron chi connectivity index (χ1n) is 4.07. The first-order chi connectivity index (χ1) is 5.88. The van der Waals surface area contributed by atoms with Gasteiger partial charge in [0, 0.05) is 11.8 Å². The van der Waals surface area contributed by atoms with Crippen molar-refractivity contribution >= 4 is 18.2 Å². The van der Waals surface area contributed by atoms with Crippen molar-refractivity contribution in [3.63, 3.8) is 0 Å². The minimum Gasteiger partial charge on any atom is -0.446 e. The third-order valence-corrected chi connectivity index (χ3v) is 1.14. The molecule has 0 unspecified atom stereocenters. The van der Waals surface area contributed by atoms with Gasteiger partial charge in [-0.2, -0.15) is 0 Å². The van der Waals surface area contributed by atoms with Crippen molar-refractivity contribution in [3.05, 3.63) is 24.5 Å². The molecular formula is C10H15NO. The van der Waals surface area contributed by atoms with Gasteiger partial charge in [-0.05, 0) is 13.0 Å². The molecule has 0 saturated carbocycles. The van der Waals surface area contributed by atoms with Crippen LogP contribution >= 0.6 is 0 Å². The van der Waals surface area contributed by atoms with Crippen LogP contribution in [0.1, 0.15) is 26.3 Å². The highest BCUT2D eigenvalue weighted by molar-refractivity contribution is 5.64. The Hall–Kier alpha value is -1.31. The summed E-state index contributed by atoms with van der Waals surface area (Å²) in [6.07, 6.45) is 5.00. The summed E-state index contributed by atoms with van der Waals surface area (Å²) in [6.45, 7) is 9.45. The van der Waals surface area contributed by atoms with Crippen molar-refractivity contribution < 1.29 is 4.42 Å². The summed E-state index contributed by atoms with van der Waals surface area (Å²) in [5.41, 5.74) is 0.929. The molecule has 66 valence electrons. The SMILES string of the molecule is C=Cc1ccoc1/N=C\C.CC. The minimum absolute atomic E-state index is 0.623. The van der Waals surface area contributed by atoms with Gasteiger partial charge in [0.15, 0.2) is 0 Å². The Bertz CT molecular complexity index is 248. The molecule has 0 aliphatic carbocycles. The summed E-state index contributed by atoms with van der Waals surface area (Å²) >= 11 is 0. The molecule has 2 nitrogen and oxygen atoms in total. The van der Waals surface area contributed by atoms with E-state index in [0.29, 0.717) is 5.88 Å². The lowest BCUT2D eigenvalue weighted by atomic mass is 10.3. The Morgan fingerprint density at radius 2 is 2.17 bits per heavy atom. The van der Waals surface area contributed by atoms with Crippen LogP contribution in [-0.4, -0.2) is 6.21 Å². The Balaban J connectivity index is 0.000000561. The number of rotatable bonds is 2. The topological polar surface area (TPSA) is 25.5 Å². The summed E-state index contributed by atoms with van der Waals surface area (Å²) in [5, 5.41) is 0. The van der Waals surface area contributed by atoms with E-state index in [2.05, 4.69) is 11.6 Å². The minimum atomic E-state index is 0.623. The number of nitrogens with zero attached hydrogens (tertiary/aromatic N) is 1. The number of hydrogen-bond acceptors (Lipinski definition) is 2. The van der Waals surface area contributed by atoms with Crippen molar-refractivity contribution in [1.82, 2.24) is 0 Å². The van der Waals surface area contributed by atoms with Crippen molar-refractivity contribution in [2.75, 3.05) is 0 Å². The van der Waals surface area contributed by atoms with Gasteiger partial charge in [-0.25, -0.2) is 4.99 Å². The molecule has 0 aliphatic heterocycles. The molecule has 0 amide bonds. The summed E-state index contributed by atoms with van der Waals surface area (Å²) in [7, 11) is 0. The Morgan fingerprint density at radius 1 is 1.50 bits per heavy atom. The Morgan fingerprint density at radius 3 is 2.67 bits per heavy atom. The first kappa shape index (κ1) is 10.7. The summed E-state index contributed by atoms with van der Waals surface area (Å²) < 4.78 is 5.03. The molecule has 2 heteroatoms.